The number of nitriles is 1. The summed E-state index contributed by atoms with van der Waals surface area (Å²) < 4.78 is 5.85. The first kappa shape index (κ1) is 20.6. The van der Waals surface area contributed by atoms with Crippen LogP contribution in [0.25, 0.3) is 0 Å². The summed E-state index contributed by atoms with van der Waals surface area (Å²) in [6, 6.07) is 6.05. The number of aromatic nitrogens is 1. The summed E-state index contributed by atoms with van der Waals surface area (Å²) in [6.45, 7) is 3.57. The van der Waals surface area contributed by atoms with Crippen molar-refractivity contribution in [1.82, 2.24) is 10.3 Å². The van der Waals surface area contributed by atoms with E-state index in [2.05, 4.69) is 10.3 Å². The highest BCUT2D eigenvalue weighted by atomic mass is 35.5. The third kappa shape index (κ3) is 5.66. The molecule has 0 spiro atoms. The fourth-order valence-corrected chi connectivity index (χ4v) is 2.63. The first-order valence-corrected chi connectivity index (χ1v) is 8.59. The summed E-state index contributed by atoms with van der Waals surface area (Å²) in [4.78, 5) is 15.2. The number of hydrogen-bond donors (Lipinski definition) is 3. The van der Waals surface area contributed by atoms with Gasteiger partial charge in [-0.25, -0.2) is 0 Å². The number of rotatable bonds is 8. The Balaban J connectivity index is 2.18. The fraction of sp³-hybridized carbons (Fsp3) is 0.316. The Morgan fingerprint density at radius 1 is 1.41 bits per heavy atom. The molecule has 0 unspecified atom stereocenters. The number of carboxylic acid groups (broad SMARTS) is 1. The molecule has 2 aromatic rings. The average Bonchev–Trinajstić information content (AvgIpc) is 2.62. The van der Waals surface area contributed by atoms with Crippen molar-refractivity contribution in [3.63, 3.8) is 0 Å². The van der Waals surface area contributed by atoms with Crippen LogP contribution in [0.3, 0.4) is 0 Å². The second kappa shape index (κ2) is 9.33. The van der Waals surface area contributed by atoms with Gasteiger partial charge in [-0.1, -0.05) is 11.6 Å². The lowest BCUT2D eigenvalue weighted by atomic mass is 10.1. The zero-order valence-corrected chi connectivity index (χ0v) is 15.7. The largest absolute Gasteiger partial charge is 0.489 e. The molecule has 0 saturated heterocycles. The third-order valence-corrected chi connectivity index (χ3v) is 4.33. The number of aliphatic carboxylic acids is 1. The van der Waals surface area contributed by atoms with Crippen LogP contribution in [0.15, 0.2) is 30.6 Å². The number of benzene rings is 1. The van der Waals surface area contributed by atoms with Crippen LogP contribution >= 0.6 is 11.6 Å². The van der Waals surface area contributed by atoms with Gasteiger partial charge < -0.3 is 14.9 Å². The number of nitrogens with zero attached hydrogens (tertiary/aromatic N) is 2. The molecule has 8 heteroatoms. The van der Waals surface area contributed by atoms with Gasteiger partial charge in [-0.15, -0.1) is 0 Å². The standard InChI is InChI=1S/C19H20ClN3O4/c1-11-3-17(27-10-14-4-13(6-21)7-22-8-14)15(5-16(11)20)9-23-18(12(2)24)19(25)26/h3-5,7-8,12,18,23-24H,9-10H2,1-2H3,(H,25,26)/t12-,18+/m0/s1. The van der Waals surface area contributed by atoms with E-state index in [1.54, 1.807) is 24.4 Å². The van der Waals surface area contributed by atoms with Crippen LogP contribution in [0.4, 0.5) is 0 Å². The van der Waals surface area contributed by atoms with E-state index in [-0.39, 0.29) is 13.2 Å². The minimum atomic E-state index is -1.15. The Morgan fingerprint density at radius 3 is 2.78 bits per heavy atom. The molecule has 0 saturated carbocycles. The molecule has 1 heterocycles. The minimum Gasteiger partial charge on any atom is -0.489 e. The lowest BCUT2D eigenvalue weighted by Gasteiger charge is -2.19. The van der Waals surface area contributed by atoms with Gasteiger partial charge in [0.25, 0.3) is 0 Å². The molecule has 0 bridgehead atoms. The third-order valence-electron chi connectivity index (χ3n) is 3.92. The van der Waals surface area contributed by atoms with Crippen molar-refractivity contribution in [2.45, 2.75) is 39.1 Å². The average molecular weight is 390 g/mol. The highest BCUT2D eigenvalue weighted by Crippen LogP contribution is 2.27. The van der Waals surface area contributed by atoms with E-state index in [0.29, 0.717) is 21.9 Å². The summed E-state index contributed by atoms with van der Waals surface area (Å²) >= 11 is 6.19. The van der Waals surface area contributed by atoms with Gasteiger partial charge in [0.2, 0.25) is 0 Å². The normalized spacial score (nSPS) is 12.9. The molecule has 1 aromatic carbocycles. The number of aryl methyl sites for hydroxylation is 1. The molecule has 0 amide bonds. The van der Waals surface area contributed by atoms with E-state index in [9.17, 15) is 15.0 Å². The van der Waals surface area contributed by atoms with Crippen molar-refractivity contribution < 1.29 is 19.7 Å². The van der Waals surface area contributed by atoms with E-state index in [0.717, 1.165) is 11.1 Å². The maximum atomic E-state index is 11.2. The van der Waals surface area contributed by atoms with Crippen LogP contribution in [0, 0.1) is 18.3 Å². The van der Waals surface area contributed by atoms with E-state index in [1.807, 2.05) is 13.0 Å². The van der Waals surface area contributed by atoms with Crippen LogP contribution in [-0.2, 0) is 17.9 Å². The van der Waals surface area contributed by atoms with Crippen molar-refractivity contribution in [3.05, 3.63) is 57.9 Å². The van der Waals surface area contributed by atoms with Gasteiger partial charge in [-0.3, -0.25) is 15.1 Å². The van der Waals surface area contributed by atoms with Crippen LogP contribution in [0.2, 0.25) is 5.02 Å². The zero-order chi connectivity index (χ0) is 20.0. The number of hydrogen-bond acceptors (Lipinski definition) is 6. The molecule has 2 rings (SSSR count). The molecule has 3 N–H and O–H groups in total. The summed E-state index contributed by atoms with van der Waals surface area (Å²) in [6.07, 6.45) is 2.01. The SMILES string of the molecule is Cc1cc(OCc2cncc(C#N)c2)c(CN[C@@H](C(=O)O)[C@H](C)O)cc1Cl. The van der Waals surface area contributed by atoms with E-state index in [1.165, 1.54) is 13.1 Å². The monoisotopic (exact) mass is 389 g/mol. The highest BCUT2D eigenvalue weighted by Gasteiger charge is 2.23. The van der Waals surface area contributed by atoms with E-state index in [4.69, 9.17) is 21.6 Å². The van der Waals surface area contributed by atoms with Crippen molar-refractivity contribution in [1.29, 1.82) is 5.26 Å². The fourth-order valence-electron chi connectivity index (χ4n) is 2.44. The molecule has 0 aliphatic rings. The second-order valence-corrected chi connectivity index (χ2v) is 6.54. The number of pyridine rings is 1. The van der Waals surface area contributed by atoms with Crippen LogP contribution in [0.1, 0.15) is 29.2 Å². The second-order valence-electron chi connectivity index (χ2n) is 6.13. The number of halogens is 1. The topological polar surface area (TPSA) is 115 Å². The van der Waals surface area contributed by atoms with Crippen LogP contribution in [-0.4, -0.2) is 33.3 Å². The molecular formula is C19H20ClN3O4. The zero-order valence-electron chi connectivity index (χ0n) is 14.9. The van der Waals surface area contributed by atoms with Gasteiger partial charge in [0, 0.05) is 35.1 Å². The first-order valence-electron chi connectivity index (χ1n) is 8.22. The van der Waals surface area contributed by atoms with Crippen molar-refractivity contribution in [2.75, 3.05) is 0 Å². The highest BCUT2D eigenvalue weighted by molar-refractivity contribution is 6.31. The Morgan fingerprint density at radius 2 is 2.15 bits per heavy atom. The molecule has 1 aromatic heterocycles. The van der Waals surface area contributed by atoms with E-state index < -0.39 is 18.1 Å². The molecule has 2 atom stereocenters. The molecule has 142 valence electrons. The Hall–Kier alpha value is -2.66. The maximum absolute atomic E-state index is 11.2. The number of carboxylic acids is 1. The summed E-state index contributed by atoms with van der Waals surface area (Å²) in [5.74, 6) is -0.619. The molecule has 0 aliphatic carbocycles. The molecule has 0 fully saturated rings. The predicted octanol–water partition coefficient (Wildman–Crippen LogP) is 2.42. The number of ether oxygens (including phenoxy) is 1. The minimum absolute atomic E-state index is 0.147. The van der Waals surface area contributed by atoms with Crippen molar-refractivity contribution in [2.24, 2.45) is 0 Å². The number of aliphatic hydroxyl groups is 1. The van der Waals surface area contributed by atoms with Gasteiger partial charge in [-0.2, -0.15) is 5.26 Å². The lowest BCUT2D eigenvalue weighted by molar-refractivity contribution is -0.142. The maximum Gasteiger partial charge on any atom is 0.323 e. The van der Waals surface area contributed by atoms with Crippen LogP contribution in [0.5, 0.6) is 5.75 Å². The molecule has 0 aliphatic heterocycles. The Labute approximate surface area is 162 Å². The van der Waals surface area contributed by atoms with Gasteiger partial charge in [0.1, 0.15) is 24.5 Å². The summed E-state index contributed by atoms with van der Waals surface area (Å²) in [7, 11) is 0. The van der Waals surface area contributed by atoms with Gasteiger partial charge >= 0.3 is 5.97 Å². The van der Waals surface area contributed by atoms with E-state index >= 15 is 0 Å². The lowest BCUT2D eigenvalue weighted by Crippen LogP contribution is -2.44. The van der Waals surface area contributed by atoms with Crippen molar-refractivity contribution >= 4 is 17.6 Å². The number of carbonyl (C=O) groups is 1. The van der Waals surface area contributed by atoms with Gasteiger partial charge in [-0.05, 0) is 37.6 Å². The van der Waals surface area contributed by atoms with Gasteiger partial charge in [0.05, 0.1) is 11.7 Å². The first-order chi connectivity index (χ1) is 12.8. The Bertz CT molecular complexity index is 865. The summed E-state index contributed by atoms with van der Waals surface area (Å²) in [5.41, 5.74) is 2.63. The number of aliphatic hydroxyl groups excluding tert-OH is 1. The molecule has 7 nitrogen and oxygen atoms in total. The quantitative estimate of drug-likeness (QED) is 0.634. The smallest absolute Gasteiger partial charge is 0.323 e. The Kier molecular flexibility index (Phi) is 7.13. The molecule has 27 heavy (non-hydrogen) atoms. The summed E-state index contributed by atoms with van der Waals surface area (Å²) in [5, 5.41) is 31.0. The number of nitrogens with one attached hydrogen (secondary N) is 1. The van der Waals surface area contributed by atoms with Crippen molar-refractivity contribution in [3.8, 4) is 11.8 Å². The molecular weight excluding hydrogens is 370 g/mol. The predicted molar refractivity (Wildman–Crippen MR) is 99.4 cm³/mol. The molecule has 0 radical (unpaired) electrons. The van der Waals surface area contributed by atoms with Crippen LogP contribution < -0.4 is 10.1 Å². The van der Waals surface area contributed by atoms with Gasteiger partial charge in [0.15, 0.2) is 0 Å².